The van der Waals surface area contributed by atoms with Crippen LogP contribution in [0, 0.1) is 0 Å². The second kappa shape index (κ2) is 7.51. The maximum absolute atomic E-state index is 12.7. The zero-order valence-corrected chi connectivity index (χ0v) is 15.8. The highest BCUT2D eigenvalue weighted by atomic mass is 16.5. The van der Waals surface area contributed by atoms with Crippen LogP contribution in [0.3, 0.4) is 0 Å². The minimum atomic E-state index is -0.669. The molecule has 5 N–H and O–H groups in total. The first-order valence-corrected chi connectivity index (χ1v) is 9.38. The molecule has 0 aliphatic heterocycles. The van der Waals surface area contributed by atoms with Crippen LogP contribution in [0.25, 0.3) is 0 Å². The molecule has 2 unspecified atom stereocenters. The van der Waals surface area contributed by atoms with Gasteiger partial charge < -0.3 is 30.3 Å². The van der Waals surface area contributed by atoms with Crippen molar-refractivity contribution in [1.82, 2.24) is 0 Å². The molecule has 0 bridgehead atoms. The molecule has 0 heterocycles. The lowest BCUT2D eigenvalue weighted by Gasteiger charge is -2.33. The van der Waals surface area contributed by atoms with E-state index >= 15 is 0 Å². The number of hydrogen-bond acceptors (Lipinski definition) is 7. The molecule has 1 aliphatic rings. The highest BCUT2D eigenvalue weighted by molar-refractivity contribution is 5.89. The van der Waals surface area contributed by atoms with Gasteiger partial charge in [-0.1, -0.05) is 18.2 Å². The second-order valence-electron chi connectivity index (χ2n) is 7.34. The average molecular weight is 408 g/mol. The molecule has 7 nitrogen and oxygen atoms in total. The number of fused-ring (bicyclic) bond motifs is 1. The normalized spacial score (nSPS) is 17.9. The van der Waals surface area contributed by atoms with Crippen molar-refractivity contribution in [2.24, 2.45) is 0 Å². The summed E-state index contributed by atoms with van der Waals surface area (Å²) < 4.78 is 5.77. The van der Waals surface area contributed by atoms with Crippen molar-refractivity contribution in [2.75, 3.05) is 0 Å². The average Bonchev–Trinajstić information content (AvgIpc) is 2.73. The molecule has 2 atom stereocenters. The highest BCUT2D eigenvalue weighted by Gasteiger charge is 2.34. The van der Waals surface area contributed by atoms with Crippen LogP contribution < -0.4 is 0 Å². The van der Waals surface area contributed by atoms with Crippen molar-refractivity contribution < 1.29 is 35.1 Å². The number of carbonyl (C=O) groups is 1. The van der Waals surface area contributed by atoms with E-state index in [-0.39, 0.29) is 17.9 Å². The lowest BCUT2D eigenvalue weighted by atomic mass is 9.77. The fraction of sp³-hybridized carbons (Fsp3) is 0.174. The van der Waals surface area contributed by atoms with Crippen molar-refractivity contribution in [2.45, 2.75) is 24.9 Å². The van der Waals surface area contributed by atoms with Gasteiger partial charge >= 0.3 is 5.97 Å². The Hall–Kier alpha value is -3.87. The molecule has 4 rings (SSSR count). The summed E-state index contributed by atoms with van der Waals surface area (Å²) in [5, 5.41) is 49.3. The van der Waals surface area contributed by atoms with E-state index in [2.05, 4.69) is 0 Å². The summed E-state index contributed by atoms with van der Waals surface area (Å²) in [5.41, 5.74) is 2.31. The van der Waals surface area contributed by atoms with E-state index in [9.17, 15) is 30.3 Å². The second-order valence-corrected chi connectivity index (χ2v) is 7.34. The maximum atomic E-state index is 12.7. The zero-order chi connectivity index (χ0) is 21.4. The Morgan fingerprint density at radius 3 is 1.93 bits per heavy atom. The number of esters is 1. The minimum Gasteiger partial charge on any atom is -0.504 e. The number of rotatable bonds is 3. The van der Waals surface area contributed by atoms with E-state index in [1.54, 1.807) is 30.3 Å². The van der Waals surface area contributed by atoms with Crippen LogP contribution in [0.2, 0.25) is 0 Å². The lowest BCUT2D eigenvalue weighted by molar-refractivity contribution is 0.0215. The van der Waals surface area contributed by atoms with Gasteiger partial charge in [-0.3, -0.25) is 0 Å². The number of hydrogen-bond donors (Lipinski definition) is 5. The summed E-state index contributed by atoms with van der Waals surface area (Å²) in [5.74, 6) is -3.12. The van der Waals surface area contributed by atoms with Gasteiger partial charge in [0.1, 0.15) is 6.10 Å². The maximum Gasteiger partial charge on any atom is 0.338 e. The Morgan fingerprint density at radius 2 is 1.33 bits per heavy atom. The molecule has 154 valence electrons. The van der Waals surface area contributed by atoms with E-state index in [4.69, 9.17) is 4.74 Å². The van der Waals surface area contributed by atoms with E-state index in [1.807, 2.05) is 0 Å². The molecule has 0 aromatic heterocycles. The van der Waals surface area contributed by atoms with Crippen molar-refractivity contribution in [3.8, 4) is 28.7 Å². The lowest BCUT2D eigenvalue weighted by Crippen LogP contribution is -2.33. The van der Waals surface area contributed by atoms with Gasteiger partial charge in [0.2, 0.25) is 0 Å². The third kappa shape index (κ3) is 3.57. The van der Waals surface area contributed by atoms with Gasteiger partial charge in [-0.2, -0.15) is 0 Å². The quantitative estimate of drug-likeness (QED) is 0.332. The topological polar surface area (TPSA) is 127 Å². The Bertz CT molecular complexity index is 1090. The molecule has 0 fully saturated rings. The van der Waals surface area contributed by atoms with Crippen LogP contribution >= 0.6 is 0 Å². The van der Waals surface area contributed by atoms with E-state index < -0.39 is 35.2 Å². The van der Waals surface area contributed by atoms with E-state index in [1.165, 1.54) is 24.3 Å². The minimum absolute atomic E-state index is 0.259. The van der Waals surface area contributed by atoms with Crippen molar-refractivity contribution >= 4 is 5.97 Å². The largest absolute Gasteiger partial charge is 0.504 e. The number of aromatic hydroxyl groups is 5. The van der Waals surface area contributed by atoms with Crippen molar-refractivity contribution in [3.05, 3.63) is 76.9 Å². The Kier molecular flexibility index (Phi) is 4.87. The van der Waals surface area contributed by atoms with Crippen molar-refractivity contribution in [3.63, 3.8) is 0 Å². The Morgan fingerprint density at radius 1 is 0.767 bits per heavy atom. The number of phenolic OH excluding ortho intramolecular Hbond substituents is 5. The van der Waals surface area contributed by atoms with Gasteiger partial charge in [0.05, 0.1) is 5.56 Å². The standard InChI is InChI=1S/C23H20O7/c24-17-7-13-6-16(15-9-19(26)22(28)20(27)10-15)21(11-14(13)8-18(17)25)30-23(29)12-4-2-1-3-5-12/h1-5,7-10,16,21,24-28H,6,11H2. The molecule has 0 amide bonds. The monoisotopic (exact) mass is 408 g/mol. The summed E-state index contributed by atoms with van der Waals surface area (Å²) in [7, 11) is 0. The van der Waals surface area contributed by atoms with Crippen molar-refractivity contribution in [1.29, 1.82) is 0 Å². The van der Waals surface area contributed by atoms with Crippen LogP contribution in [-0.4, -0.2) is 37.6 Å². The zero-order valence-electron chi connectivity index (χ0n) is 15.8. The SMILES string of the molecule is O=C(OC1Cc2cc(O)c(O)cc2CC1c1cc(O)c(O)c(O)c1)c1ccccc1. The van der Waals surface area contributed by atoms with Crippen LogP contribution in [-0.2, 0) is 17.6 Å². The van der Waals surface area contributed by atoms with Gasteiger partial charge in [-0.25, -0.2) is 4.79 Å². The van der Waals surface area contributed by atoms with Crippen LogP contribution in [0.1, 0.15) is 33.0 Å². The van der Waals surface area contributed by atoms with Gasteiger partial charge in [-0.15, -0.1) is 0 Å². The van der Waals surface area contributed by atoms with E-state index in [0.29, 0.717) is 17.5 Å². The van der Waals surface area contributed by atoms with Crippen LogP contribution in [0.5, 0.6) is 28.7 Å². The Labute approximate surface area is 172 Å². The molecular formula is C23H20O7. The molecule has 1 aliphatic carbocycles. The molecule has 0 spiro atoms. The van der Waals surface area contributed by atoms with Gasteiger partial charge in [-0.05, 0) is 59.5 Å². The summed E-state index contributed by atoms with van der Waals surface area (Å²) in [6.45, 7) is 0. The smallest absolute Gasteiger partial charge is 0.338 e. The molecule has 0 saturated heterocycles. The van der Waals surface area contributed by atoms with Crippen LogP contribution in [0.15, 0.2) is 54.6 Å². The molecule has 7 heteroatoms. The third-order valence-electron chi connectivity index (χ3n) is 5.39. The summed E-state index contributed by atoms with van der Waals surface area (Å²) in [4.78, 5) is 12.7. The van der Waals surface area contributed by atoms with Crippen LogP contribution in [0.4, 0.5) is 0 Å². The molecule has 30 heavy (non-hydrogen) atoms. The molecular weight excluding hydrogens is 388 g/mol. The third-order valence-corrected chi connectivity index (χ3v) is 5.39. The predicted molar refractivity (Wildman–Crippen MR) is 107 cm³/mol. The molecule has 3 aromatic rings. The Balaban J connectivity index is 1.73. The van der Waals surface area contributed by atoms with Gasteiger partial charge in [0, 0.05) is 12.3 Å². The number of benzene rings is 3. The fourth-order valence-electron chi connectivity index (χ4n) is 3.85. The highest BCUT2D eigenvalue weighted by Crippen LogP contribution is 2.43. The molecule has 0 saturated carbocycles. The molecule has 0 radical (unpaired) electrons. The first-order chi connectivity index (χ1) is 14.3. The number of carbonyl (C=O) groups excluding carboxylic acids is 1. The first kappa shape index (κ1) is 19.4. The summed E-state index contributed by atoms with van der Waals surface area (Å²) in [6.07, 6.45) is -0.0912. The fourth-order valence-corrected chi connectivity index (χ4v) is 3.85. The summed E-state index contributed by atoms with van der Waals surface area (Å²) in [6, 6.07) is 14.0. The summed E-state index contributed by atoms with van der Waals surface area (Å²) >= 11 is 0. The van der Waals surface area contributed by atoms with Gasteiger partial charge in [0.25, 0.3) is 0 Å². The van der Waals surface area contributed by atoms with E-state index in [0.717, 1.165) is 11.1 Å². The molecule has 3 aromatic carbocycles. The first-order valence-electron chi connectivity index (χ1n) is 9.38. The van der Waals surface area contributed by atoms with Gasteiger partial charge in [0.15, 0.2) is 28.7 Å². The number of phenols is 5. The number of ether oxygens (including phenoxy) is 1. The predicted octanol–water partition coefficient (Wildman–Crippen LogP) is 3.32.